The molecule has 1 amide bonds. The lowest BCUT2D eigenvalue weighted by atomic mass is 9.91. The lowest BCUT2D eigenvalue weighted by Gasteiger charge is -2.43. The Morgan fingerprint density at radius 3 is 2.65 bits per heavy atom. The lowest BCUT2D eigenvalue weighted by Crippen LogP contribution is -2.61. The van der Waals surface area contributed by atoms with Crippen LogP contribution in [-0.2, 0) is 4.79 Å². The van der Waals surface area contributed by atoms with Gasteiger partial charge in [-0.05, 0) is 25.7 Å². The maximum atomic E-state index is 13.0. The van der Waals surface area contributed by atoms with Crippen molar-refractivity contribution in [1.82, 2.24) is 15.5 Å². The van der Waals surface area contributed by atoms with Crippen molar-refractivity contribution in [3.63, 3.8) is 0 Å². The third-order valence-corrected chi connectivity index (χ3v) is 4.58. The zero-order chi connectivity index (χ0) is 16.8. The highest BCUT2D eigenvalue weighted by Crippen LogP contribution is 2.36. The lowest BCUT2D eigenvalue weighted by molar-refractivity contribution is -0.160. The maximum absolute atomic E-state index is 13.0. The van der Waals surface area contributed by atoms with Gasteiger partial charge in [0.15, 0.2) is 0 Å². The highest BCUT2D eigenvalue weighted by molar-refractivity contribution is 5.99. The predicted octanol–water partition coefficient (Wildman–Crippen LogP) is 2.12. The van der Waals surface area contributed by atoms with Crippen LogP contribution in [0.1, 0.15) is 39.5 Å². The van der Waals surface area contributed by atoms with Gasteiger partial charge in [0.25, 0.3) is 0 Å². The Morgan fingerprint density at radius 2 is 2.13 bits per heavy atom. The molecule has 1 aliphatic carbocycles. The average Bonchev–Trinajstić information content (AvgIpc) is 2.73. The van der Waals surface area contributed by atoms with E-state index in [0.29, 0.717) is 11.7 Å². The number of carbonyl (C=O) groups excluding carboxylic acids is 1. The largest absolute Gasteiger partial charge is 0.404 e. The number of nitrogens with zero attached hydrogens (tertiary/aromatic N) is 2. The molecule has 1 saturated carbocycles. The first-order valence-electron chi connectivity index (χ1n) is 7.98. The summed E-state index contributed by atoms with van der Waals surface area (Å²) in [6.45, 7) is 3.53. The van der Waals surface area contributed by atoms with Crippen molar-refractivity contribution in [3.05, 3.63) is 11.8 Å². The van der Waals surface area contributed by atoms with Crippen LogP contribution in [0.15, 0.2) is 16.8 Å². The van der Waals surface area contributed by atoms with Crippen LogP contribution in [0.5, 0.6) is 0 Å². The molecule has 2 atom stereocenters. The van der Waals surface area contributed by atoms with E-state index in [-0.39, 0.29) is 24.3 Å². The van der Waals surface area contributed by atoms with Gasteiger partial charge in [-0.25, -0.2) is 4.99 Å². The van der Waals surface area contributed by atoms with Crippen LogP contribution in [0.25, 0.3) is 0 Å². The van der Waals surface area contributed by atoms with Crippen molar-refractivity contribution in [2.75, 3.05) is 0 Å². The van der Waals surface area contributed by atoms with Crippen molar-refractivity contribution in [2.24, 2.45) is 10.9 Å². The summed E-state index contributed by atoms with van der Waals surface area (Å²) in [7, 11) is 0. The van der Waals surface area contributed by atoms with Crippen LogP contribution in [0, 0.1) is 5.92 Å². The van der Waals surface area contributed by atoms with E-state index >= 15 is 0 Å². The summed E-state index contributed by atoms with van der Waals surface area (Å²) in [5.74, 6) is -0.0203. The molecule has 128 valence electrons. The molecule has 0 radical (unpaired) electrons. The summed E-state index contributed by atoms with van der Waals surface area (Å²) < 4.78 is 39.1. The summed E-state index contributed by atoms with van der Waals surface area (Å²) >= 11 is 0. The molecule has 3 rings (SSSR count). The molecule has 0 aromatic carbocycles. The summed E-state index contributed by atoms with van der Waals surface area (Å²) in [5, 5.41) is 5.42. The van der Waals surface area contributed by atoms with Gasteiger partial charge < -0.3 is 4.90 Å². The third-order valence-electron chi connectivity index (χ3n) is 4.58. The van der Waals surface area contributed by atoms with Gasteiger partial charge in [0.1, 0.15) is 12.2 Å². The zero-order valence-electron chi connectivity index (χ0n) is 13.2. The first-order chi connectivity index (χ1) is 10.8. The number of aliphatic imine (C=N–C) groups is 1. The van der Waals surface area contributed by atoms with Gasteiger partial charge in [0, 0.05) is 12.0 Å². The van der Waals surface area contributed by atoms with Crippen molar-refractivity contribution in [1.29, 1.82) is 0 Å². The molecule has 8 heteroatoms. The molecule has 0 saturated heterocycles. The summed E-state index contributed by atoms with van der Waals surface area (Å²) in [6.07, 6.45) is -0.666. The summed E-state index contributed by atoms with van der Waals surface area (Å²) in [4.78, 5) is 18.2. The minimum Gasteiger partial charge on any atom is -0.318 e. The second-order valence-electron chi connectivity index (χ2n) is 6.60. The van der Waals surface area contributed by atoms with E-state index in [0.717, 1.165) is 19.3 Å². The number of carbonyl (C=O) groups is 1. The number of hydrogen-bond acceptors (Lipinski definition) is 4. The normalized spacial score (nSPS) is 28.2. The molecule has 2 heterocycles. The standard InChI is InChI=1S/C15H21F3N4O/c1-8(2)13(23)21-14-19-10-6-7-11(15(16,17)18)20-12(10)22(14)9-4-3-5-9/h6,8-9,11-12,20H,3-5,7H2,1-2H3,(H,19,21,23). The van der Waals surface area contributed by atoms with Crippen LogP contribution in [0.2, 0.25) is 0 Å². The molecule has 0 aromatic rings. The third kappa shape index (κ3) is 3.08. The number of hydrogen-bond donors (Lipinski definition) is 2. The second-order valence-corrected chi connectivity index (χ2v) is 6.60. The molecule has 2 N–H and O–H groups in total. The summed E-state index contributed by atoms with van der Waals surface area (Å²) in [6, 6.07) is -1.45. The van der Waals surface area contributed by atoms with Crippen LogP contribution < -0.4 is 10.6 Å². The molecular formula is C15H21F3N4O. The molecule has 0 aromatic heterocycles. The Hall–Kier alpha value is -1.57. The number of halogens is 3. The van der Waals surface area contributed by atoms with E-state index in [1.165, 1.54) is 6.08 Å². The molecule has 2 aliphatic heterocycles. The average molecular weight is 330 g/mol. The Balaban J connectivity index is 1.82. The van der Waals surface area contributed by atoms with Crippen LogP contribution >= 0.6 is 0 Å². The number of guanidine groups is 1. The number of nitrogens with one attached hydrogen (secondary N) is 2. The Labute approximate surface area is 133 Å². The highest BCUT2D eigenvalue weighted by Gasteiger charge is 2.48. The number of amides is 1. The number of rotatable bonds is 2. The zero-order valence-corrected chi connectivity index (χ0v) is 13.2. The molecule has 3 aliphatic rings. The Morgan fingerprint density at radius 1 is 1.43 bits per heavy atom. The SMILES string of the molecule is CC(C)C(=O)NC1=NC2=CCC(C(F)(F)F)NC2N1C1CCC1. The van der Waals surface area contributed by atoms with E-state index < -0.39 is 18.4 Å². The van der Waals surface area contributed by atoms with Crippen LogP contribution in [0.3, 0.4) is 0 Å². The fraction of sp³-hybridized carbons (Fsp3) is 0.733. The van der Waals surface area contributed by atoms with Crippen molar-refractivity contribution < 1.29 is 18.0 Å². The van der Waals surface area contributed by atoms with E-state index in [9.17, 15) is 18.0 Å². The van der Waals surface area contributed by atoms with Gasteiger partial charge in [0.05, 0.1) is 5.70 Å². The fourth-order valence-electron chi connectivity index (χ4n) is 2.95. The monoisotopic (exact) mass is 330 g/mol. The number of alkyl halides is 3. The molecule has 2 unspecified atom stereocenters. The van der Waals surface area contributed by atoms with E-state index in [2.05, 4.69) is 15.6 Å². The molecule has 0 spiro atoms. The van der Waals surface area contributed by atoms with Crippen molar-refractivity contribution >= 4 is 11.9 Å². The topological polar surface area (TPSA) is 56.7 Å². The van der Waals surface area contributed by atoms with Crippen LogP contribution in [0.4, 0.5) is 13.2 Å². The van der Waals surface area contributed by atoms with Gasteiger partial charge in [0.2, 0.25) is 11.9 Å². The van der Waals surface area contributed by atoms with E-state index in [1.54, 1.807) is 13.8 Å². The molecular weight excluding hydrogens is 309 g/mol. The van der Waals surface area contributed by atoms with Crippen molar-refractivity contribution in [3.8, 4) is 0 Å². The summed E-state index contributed by atoms with van der Waals surface area (Å²) in [5.41, 5.74) is 0.566. The van der Waals surface area contributed by atoms with Crippen molar-refractivity contribution in [2.45, 2.75) is 64.0 Å². The Bertz CT molecular complexity index is 551. The fourth-order valence-corrected chi connectivity index (χ4v) is 2.95. The van der Waals surface area contributed by atoms with Crippen LogP contribution in [-0.4, -0.2) is 41.2 Å². The number of fused-ring (bicyclic) bond motifs is 1. The van der Waals surface area contributed by atoms with E-state index in [1.807, 2.05) is 4.90 Å². The molecule has 1 fully saturated rings. The Kier molecular flexibility index (Phi) is 4.12. The maximum Gasteiger partial charge on any atom is 0.404 e. The first-order valence-corrected chi connectivity index (χ1v) is 7.98. The molecule has 0 bridgehead atoms. The van der Waals surface area contributed by atoms with Gasteiger partial charge in [-0.1, -0.05) is 19.9 Å². The van der Waals surface area contributed by atoms with Gasteiger partial charge in [-0.2, -0.15) is 13.2 Å². The van der Waals surface area contributed by atoms with Gasteiger partial charge in [-0.15, -0.1) is 0 Å². The quantitative estimate of drug-likeness (QED) is 0.815. The first kappa shape index (κ1) is 16.3. The minimum absolute atomic E-state index is 0.122. The van der Waals surface area contributed by atoms with E-state index in [4.69, 9.17) is 0 Å². The van der Waals surface area contributed by atoms with Gasteiger partial charge in [-0.3, -0.25) is 15.4 Å². The molecule has 5 nitrogen and oxygen atoms in total. The predicted molar refractivity (Wildman–Crippen MR) is 79.4 cm³/mol. The molecule has 23 heavy (non-hydrogen) atoms. The smallest absolute Gasteiger partial charge is 0.318 e. The highest BCUT2D eigenvalue weighted by atomic mass is 19.4. The second kappa shape index (κ2) is 5.81. The minimum atomic E-state index is -4.29. The van der Waals surface area contributed by atoms with Gasteiger partial charge >= 0.3 is 6.18 Å².